The summed E-state index contributed by atoms with van der Waals surface area (Å²) in [6.45, 7) is 1.76. The minimum Gasteiger partial charge on any atom is -0.506 e. The SMILES string of the molecule is Cc1ccc(C(=O)Nc2ccccc2O)o1. The van der Waals surface area contributed by atoms with E-state index in [0.29, 0.717) is 11.4 Å². The molecule has 2 rings (SSSR count). The third-order valence-electron chi connectivity index (χ3n) is 2.12. The molecule has 0 atom stereocenters. The Morgan fingerprint density at radius 2 is 2.00 bits per heavy atom. The van der Waals surface area contributed by atoms with Crippen molar-refractivity contribution >= 4 is 11.6 Å². The fraction of sp³-hybridized carbons (Fsp3) is 0.0833. The maximum Gasteiger partial charge on any atom is 0.291 e. The summed E-state index contributed by atoms with van der Waals surface area (Å²) in [6, 6.07) is 9.82. The molecule has 0 saturated heterocycles. The molecule has 0 fully saturated rings. The number of benzene rings is 1. The van der Waals surface area contributed by atoms with E-state index in [-0.39, 0.29) is 17.4 Å². The molecule has 82 valence electrons. The number of carbonyl (C=O) groups is 1. The van der Waals surface area contributed by atoms with Gasteiger partial charge in [0.15, 0.2) is 5.76 Å². The number of carbonyl (C=O) groups excluding carboxylic acids is 1. The van der Waals surface area contributed by atoms with Crippen LogP contribution >= 0.6 is 0 Å². The number of nitrogens with one attached hydrogen (secondary N) is 1. The number of anilines is 1. The summed E-state index contributed by atoms with van der Waals surface area (Å²) in [7, 11) is 0. The molecule has 0 unspecified atom stereocenters. The van der Waals surface area contributed by atoms with Crippen LogP contribution in [-0.2, 0) is 0 Å². The second-order valence-electron chi connectivity index (χ2n) is 3.38. The van der Waals surface area contributed by atoms with E-state index in [1.165, 1.54) is 6.07 Å². The molecular formula is C12H11NO3. The highest BCUT2D eigenvalue weighted by Gasteiger charge is 2.11. The van der Waals surface area contributed by atoms with Gasteiger partial charge in [-0.05, 0) is 31.2 Å². The van der Waals surface area contributed by atoms with Gasteiger partial charge in [0.1, 0.15) is 11.5 Å². The van der Waals surface area contributed by atoms with E-state index in [1.807, 2.05) is 0 Å². The standard InChI is InChI=1S/C12H11NO3/c1-8-6-7-11(16-8)12(15)13-9-4-2-3-5-10(9)14/h2-7,14H,1H3,(H,13,15). The van der Waals surface area contributed by atoms with Gasteiger partial charge in [0.05, 0.1) is 5.69 Å². The Hall–Kier alpha value is -2.23. The molecule has 0 spiro atoms. The number of aromatic hydroxyl groups is 1. The van der Waals surface area contributed by atoms with Gasteiger partial charge >= 0.3 is 0 Å². The highest BCUT2D eigenvalue weighted by Crippen LogP contribution is 2.22. The second-order valence-corrected chi connectivity index (χ2v) is 3.38. The monoisotopic (exact) mass is 217 g/mol. The molecule has 0 aliphatic carbocycles. The summed E-state index contributed by atoms with van der Waals surface area (Å²) in [5.41, 5.74) is 0.363. The Morgan fingerprint density at radius 3 is 2.62 bits per heavy atom. The first-order valence-electron chi connectivity index (χ1n) is 4.82. The summed E-state index contributed by atoms with van der Waals surface area (Å²) in [5, 5.41) is 12.0. The average Bonchev–Trinajstić information content (AvgIpc) is 2.68. The molecule has 2 aromatic rings. The van der Waals surface area contributed by atoms with Crippen LogP contribution in [0.15, 0.2) is 40.8 Å². The zero-order chi connectivity index (χ0) is 11.5. The van der Waals surface area contributed by atoms with Crippen LogP contribution in [0.3, 0.4) is 0 Å². The summed E-state index contributed by atoms with van der Waals surface area (Å²) >= 11 is 0. The normalized spacial score (nSPS) is 10.1. The molecule has 4 nitrogen and oxygen atoms in total. The molecule has 1 heterocycles. The van der Waals surface area contributed by atoms with Crippen LogP contribution in [0.5, 0.6) is 5.75 Å². The Labute approximate surface area is 92.5 Å². The molecule has 1 aromatic carbocycles. The highest BCUT2D eigenvalue weighted by atomic mass is 16.3. The summed E-state index contributed by atoms with van der Waals surface area (Å²) in [5.74, 6) is 0.539. The minimum absolute atomic E-state index is 0.0270. The van der Waals surface area contributed by atoms with Gasteiger partial charge in [0, 0.05) is 0 Å². The van der Waals surface area contributed by atoms with Gasteiger partial charge in [0.25, 0.3) is 5.91 Å². The summed E-state index contributed by atoms with van der Waals surface area (Å²) in [4.78, 5) is 11.7. The third-order valence-corrected chi connectivity index (χ3v) is 2.12. The van der Waals surface area contributed by atoms with Gasteiger partial charge in [-0.2, -0.15) is 0 Å². The number of rotatable bonds is 2. The zero-order valence-electron chi connectivity index (χ0n) is 8.73. The molecule has 1 amide bonds. The van der Waals surface area contributed by atoms with Crippen molar-refractivity contribution in [2.75, 3.05) is 5.32 Å². The van der Waals surface area contributed by atoms with Crippen molar-refractivity contribution in [1.82, 2.24) is 0 Å². The van der Waals surface area contributed by atoms with E-state index < -0.39 is 0 Å². The van der Waals surface area contributed by atoms with Crippen LogP contribution in [0.4, 0.5) is 5.69 Å². The number of amides is 1. The Morgan fingerprint density at radius 1 is 1.25 bits per heavy atom. The van der Waals surface area contributed by atoms with E-state index in [9.17, 15) is 9.90 Å². The van der Waals surface area contributed by atoms with E-state index in [2.05, 4.69) is 5.32 Å². The van der Waals surface area contributed by atoms with Crippen molar-refractivity contribution < 1.29 is 14.3 Å². The van der Waals surface area contributed by atoms with Gasteiger partial charge in [-0.15, -0.1) is 0 Å². The van der Waals surface area contributed by atoms with Gasteiger partial charge in [-0.3, -0.25) is 4.79 Å². The van der Waals surface area contributed by atoms with Crippen LogP contribution in [-0.4, -0.2) is 11.0 Å². The molecule has 1 aromatic heterocycles. The molecule has 0 saturated carbocycles. The predicted molar refractivity (Wildman–Crippen MR) is 59.5 cm³/mol. The van der Waals surface area contributed by atoms with Crippen LogP contribution in [0.2, 0.25) is 0 Å². The quantitative estimate of drug-likeness (QED) is 0.760. The van der Waals surface area contributed by atoms with Gasteiger partial charge < -0.3 is 14.8 Å². The molecule has 0 aliphatic rings. The number of aryl methyl sites for hydroxylation is 1. The van der Waals surface area contributed by atoms with Crippen molar-refractivity contribution in [1.29, 1.82) is 0 Å². The lowest BCUT2D eigenvalue weighted by atomic mass is 10.3. The molecule has 0 radical (unpaired) electrons. The number of hydrogen-bond donors (Lipinski definition) is 2. The highest BCUT2D eigenvalue weighted by molar-refractivity contribution is 6.03. The maximum absolute atomic E-state index is 11.7. The van der Waals surface area contributed by atoms with E-state index in [0.717, 1.165) is 0 Å². The number of phenolic OH excluding ortho intramolecular Hbond substituents is 1. The van der Waals surface area contributed by atoms with Crippen molar-refractivity contribution in [2.45, 2.75) is 6.92 Å². The van der Waals surface area contributed by atoms with E-state index in [1.54, 1.807) is 37.3 Å². The maximum atomic E-state index is 11.7. The number of furan rings is 1. The van der Waals surface area contributed by atoms with Crippen molar-refractivity contribution in [3.8, 4) is 5.75 Å². The molecule has 2 N–H and O–H groups in total. The van der Waals surface area contributed by atoms with Crippen molar-refractivity contribution in [3.05, 3.63) is 47.9 Å². The van der Waals surface area contributed by atoms with E-state index in [4.69, 9.17) is 4.42 Å². The first-order chi connectivity index (χ1) is 7.66. The summed E-state index contributed by atoms with van der Waals surface area (Å²) < 4.78 is 5.16. The zero-order valence-corrected chi connectivity index (χ0v) is 8.73. The third kappa shape index (κ3) is 2.06. The van der Waals surface area contributed by atoms with E-state index >= 15 is 0 Å². The predicted octanol–water partition coefficient (Wildman–Crippen LogP) is 2.55. The molecule has 0 bridgehead atoms. The fourth-order valence-electron chi connectivity index (χ4n) is 1.32. The van der Waals surface area contributed by atoms with Crippen LogP contribution in [0.25, 0.3) is 0 Å². The lowest BCUT2D eigenvalue weighted by molar-refractivity contribution is 0.0995. The van der Waals surface area contributed by atoms with Gasteiger partial charge in [-0.25, -0.2) is 0 Å². The molecule has 16 heavy (non-hydrogen) atoms. The van der Waals surface area contributed by atoms with Crippen molar-refractivity contribution in [2.24, 2.45) is 0 Å². The number of hydrogen-bond acceptors (Lipinski definition) is 3. The Kier molecular flexibility index (Phi) is 2.64. The van der Waals surface area contributed by atoms with Crippen LogP contribution in [0.1, 0.15) is 16.3 Å². The lowest BCUT2D eigenvalue weighted by Gasteiger charge is -2.04. The smallest absolute Gasteiger partial charge is 0.291 e. The molecule has 4 heteroatoms. The topological polar surface area (TPSA) is 62.5 Å². The minimum atomic E-state index is -0.380. The first kappa shape index (κ1) is 10.3. The Bertz CT molecular complexity index is 516. The fourth-order valence-corrected chi connectivity index (χ4v) is 1.32. The van der Waals surface area contributed by atoms with Gasteiger partial charge in [0.2, 0.25) is 0 Å². The number of para-hydroxylation sites is 2. The average molecular weight is 217 g/mol. The van der Waals surface area contributed by atoms with Crippen LogP contribution in [0, 0.1) is 6.92 Å². The van der Waals surface area contributed by atoms with Gasteiger partial charge in [-0.1, -0.05) is 12.1 Å². The number of phenols is 1. The van der Waals surface area contributed by atoms with Crippen LogP contribution < -0.4 is 5.32 Å². The first-order valence-corrected chi connectivity index (χ1v) is 4.82. The largest absolute Gasteiger partial charge is 0.506 e. The van der Waals surface area contributed by atoms with Crippen molar-refractivity contribution in [3.63, 3.8) is 0 Å². The molecular weight excluding hydrogens is 206 g/mol. The lowest BCUT2D eigenvalue weighted by Crippen LogP contribution is -2.10. The molecule has 0 aliphatic heterocycles. The summed E-state index contributed by atoms with van der Waals surface area (Å²) in [6.07, 6.45) is 0. The Balaban J connectivity index is 2.17. The second kappa shape index (κ2) is 4.10.